The minimum absolute atomic E-state index is 0.0847. The van der Waals surface area contributed by atoms with Gasteiger partial charge in [0.25, 0.3) is 5.69 Å². The van der Waals surface area contributed by atoms with E-state index in [2.05, 4.69) is 0 Å². The minimum atomic E-state index is -0.411. The van der Waals surface area contributed by atoms with Crippen molar-refractivity contribution in [1.82, 2.24) is 0 Å². The Bertz CT molecular complexity index is 532. The highest BCUT2D eigenvalue weighted by molar-refractivity contribution is 5.56. The Labute approximate surface area is 111 Å². The highest BCUT2D eigenvalue weighted by atomic mass is 16.6. The molecule has 0 amide bonds. The first-order chi connectivity index (χ1) is 9.20. The lowest BCUT2D eigenvalue weighted by molar-refractivity contribution is -0.384. The summed E-state index contributed by atoms with van der Waals surface area (Å²) >= 11 is 0. The third-order valence-corrected chi connectivity index (χ3v) is 2.95. The molecule has 19 heavy (non-hydrogen) atoms. The number of benzene rings is 1. The van der Waals surface area contributed by atoms with Crippen LogP contribution in [-0.4, -0.2) is 17.8 Å². The van der Waals surface area contributed by atoms with Crippen molar-refractivity contribution in [1.29, 1.82) is 0 Å². The number of hydrogen-bond acceptors (Lipinski definition) is 4. The topological polar surface area (TPSA) is 63.5 Å². The molecule has 0 saturated heterocycles. The van der Waals surface area contributed by atoms with Gasteiger partial charge < -0.3 is 9.69 Å². The number of nitro benzene ring substituents is 1. The molecular formula is C14H14N2O3. The molecule has 0 unspecified atom stereocenters. The zero-order chi connectivity index (χ0) is 13.7. The molecular weight excluding hydrogens is 244 g/mol. The van der Waals surface area contributed by atoms with E-state index in [1.165, 1.54) is 17.7 Å². The lowest BCUT2D eigenvalue weighted by atomic mass is 10.1. The van der Waals surface area contributed by atoms with Gasteiger partial charge in [-0.25, -0.2) is 0 Å². The molecule has 2 rings (SSSR count). The number of nitro groups is 1. The molecule has 0 bridgehead atoms. The summed E-state index contributed by atoms with van der Waals surface area (Å²) in [6, 6.07) is 6.44. The van der Waals surface area contributed by atoms with Gasteiger partial charge >= 0.3 is 0 Å². The third kappa shape index (κ3) is 3.28. The normalized spacial score (nSPS) is 14.1. The van der Waals surface area contributed by atoms with Gasteiger partial charge in [-0.1, -0.05) is 11.6 Å². The van der Waals surface area contributed by atoms with Crippen molar-refractivity contribution in [2.24, 2.45) is 0 Å². The average Bonchev–Trinajstić information content (AvgIpc) is 2.45. The summed E-state index contributed by atoms with van der Waals surface area (Å²) < 4.78 is 0. The lowest BCUT2D eigenvalue weighted by Crippen LogP contribution is -2.21. The molecule has 1 heterocycles. The lowest BCUT2D eigenvalue weighted by Gasteiger charge is -2.24. The van der Waals surface area contributed by atoms with Gasteiger partial charge in [-0.2, -0.15) is 0 Å². The van der Waals surface area contributed by atoms with Crippen LogP contribution in [0, 0.1) is 10.1 Å². The van der Waals surface area contributed by atoms with Gasteiger partial charge in [0, 0.05) is 37.0 Å². The summed E-state index contributed by atoms with van der Waals surface area (Å²) in [5.41, 5.74) is 2.16. The molecule has 0 spiro atoms. The molecule has 0 saturated carbocycles. The van der Waals surface area contributed by atoms with Crippen molar-refractivity contribution < 1.29 is 9.72 Å². The molecule has 5 heteroatoms. The second-order valence-electron chi connectivity index (χ2n) is 4.27. The molecule has 0 N–H and O–H groups in total. The number of carbonyl (C=O) groups excluding carboxylic acids is 1. The van der Waals surface area contributed by atoms with Crippen molar-refractivity contribution in [2.75, 3.05) is 11.4 Å². The summed E-state index contributed by atoms with van der Waals surface area (Å²) in [6.07, 6.45) is 8.03. The van der Waals surface area contributed by atoms with Crippen LogP contribution in [0.15, 0.2) is 48.2 Å². The van der Waals surface area contributed by atoms with E-state index < -0.39 is 4.92 Å². The second-order valence-corrected chi connectivity index (χ2v) is 4.27. The molecule has 1 aromatic rings. The van der Waals surface area contributed by atoms with E-state index in [0.717, 1.165) is 18.4 Å². The number of rotatable bonds is 5. The number of nitrogens with zero attached hydrogens (tertiary/aromatic N) is 2. The van der Waals surface area contributed by atoms with Crippen LogP contribution in [0.2, 0.25) is 0 Å². The summed E-state index contributed by atoms with van der Waals surface area (Å²) in [4.78, 5) is 22.6. The average molecular weight is 258 g/mol. The van der Waals surface area contributed by atoms with E-state index >= 15 is 0 Å². The van der Waals surface area contributed by atoms with Gasteiger partial charge in [-0.15, -0.1) is 0 Å². The highest BCUT2D eigenvalue weighted by Gasteiger charge is 2.11. The molecule has 0 atom stereocenters. The van der Waals surface area contributed by atoms with Crippen molar-refractivity contribution >= 4 is 17.7 Å². The number of aldehydes is 1. The van der Waals surface area contributed by atoms with E-state index in [-0.39, 0.29) is 5.69 Å². The first kappa shape index (κ1) is 13.0. The summed E-state index contributed by atoms with van der Waals surface area (Å²) in [5.74, 6) is 0. The number of hydrogen-bond donors (Lipinski definition) is 0. The molecule has 98 valence electrons. The smallest absolute Gasteiger partial charge is 0.269 e. The first-order valence-corrected chi connectivity index (χ1v) is 6.01. The van der Waals surface area contributed by atoms with E-state index in [0.29, 0.717) is 13.0 Å². The SMILES string of the molecule is O=CCCC1=CC=CN(c2ccc([N+](=O)[O-])cc2)C1. The molecule has 0 radical (unpaired) electrons. The van der Waals surface area contributed by atoms with Crippen molar-refractivity contribution in [3.05, 3.63) is 58.3 Å². The molecule has 1 aromatic carbocycles. The monoisotopic (exact) mass is 258 g/mol. The van der Waals surface area contributed by atoms with E-state index in [1.54, 1.807) is 12.1 Å². The fourth-order valence-corrected chi connectivity index (χ4v) is 1.96. The molecule has 1 aliphatic heterocycles. The maximum absolute atomic E-state index is 10.6. The Morgan fingerprint density at radius 3 is 2.68 bits per heavy atom. The van der Waals surface area contributed by atoms with Crippen LogP contribution in [0.1, 0.15) is 12.8 Å². The largest absolute Gasteiger partial charge is 0.344 e. The standard InChI is InChI=1S/C14H14N2O3/c17-10-2-4-12-3-1-9-15(11-12)13-5-7-14(8-6-13)16(18)19/h1,3,5-10H,2,4,11H2. The summed E-state index contributed by atoms with van der Waals surface area (Å²) in [6.45, 7) is 0.710. The third-order valence-electron chi connectivity index (χ3n) is 2.95. The van der Waals surface area contributed by atoms with Gasteiger partial charge in [0.1, 0.15) is 6.29 Å². The summed E-state index contributed by atoms with van der Waals surface area (Å²) in [7, 11) is 0. The van der Waals surface area contributed by atoms with Crippen LogP contribution in [-0.2, 0) is 4.79 Å². The van der Waals surface area contributed by atoms with Gasteiger partial charge in [-0.05, 0) is 24.6 Å². The van der Waals surface area contributed by atoms with Crippen molar-refractivity contribution in [3.63, 3.8) is 0 Å². The first-order valence-electron chi connectivity index (χ1n) is 6.01. The van der Waals surface area contributed by atoms with Crippen LogP contribution in [0.4, 0.5) is 11.4 Å². The molecule has 0 aromatic heterocycles. The van der Waals surface area contributed by atoms with Crippen molar-refractivity contribution in [2.45, 2.75) is 12.8 Å². The predicted octanol–water partition coefficient (Wildman–Crippen LogP) is 2.83. The number of non-ortho nitro benzene ring substituents is 1. The number of allylic oxidation sites excluding steroid dienone is 2. The molecule has 5 nitrogen and oxygen atoms in total. The number of anilines is 1. The summed E-state index contributed by atoms with van der Waals surface area (Å²) in [5, 5.41) is 10.6. The predicted molar refractivity (Wildman–Crippen MR) is 73.0 cm³/mol. The van der Waals surface area contributed by atoms with Crippen LogP contribution in [0.3, 0.4) is 0 Å². The van der Waals surface area contributed by atoms with Gasteiger partial charge in [0.15, 0.2) is 0 Å². The maximum Gasteiger partial charge on any atom is 0.269 e. The van der Waals surface area contributed by atoms with Crippen LogP contribution < -0.4 is 4.90 Å². The minimum Gasteiger partial charge on any atom is -0.344 e. The quantitative estimate of drug-likeness (QED) is 0.463. The van der Waals surface area contributed by atoms with Crippen molar-refractivity contribution in [3.8, 4) is 0 Å². The van der Waals surface area contributed by atoms with E-state index in [4.69, 9.17) is 0 Å². The van der Waals surface area contributed by atoms with Gasteiger partial charge in [0.2, 0.25) is 0 Å². The zero-order valence-electron chi connectivity index (χ0n) is 10.4. The van der Waals surface area contributed by atoms with Crippen LogP contribution >= 0.6 is 0 Å². The fourth-order valence-electron chi connectivity index (χ4n) is 1.96. The maximum atomic E-state index is 10.6. The Kier molecular flexibility index (Phi) is 4.07. The van der Waals surface area contributed by atoms with Gasteiger partial charge in [0.05, 0.1) is 4.92 Å². The molecule has 0 aliphatic carbocycles. The van der Waals surface area contributed by atoms with Gasteiger partial charge in [-0.3, -0.25) is 10.1 Å². The van der Waals surface area contributed by atoms with E-state index in [1.807, 2.05) is 23.3 Å². The van der Waals surface area contributed by atoms with Crippen LogP contribution in [0.25, 0.3) is 0 Å². The van der Waals surface area contributed by atoms with Crippen LogP contribution in [0.5, 0.6) is 0 Å². The Morgan fingerprint density at radius 1 is 1.32 bits per heavy atom. The zero-order valence-corrected chi connectivity index (χ0v) is 10.4. The highest BCUT2D eigenvalue weighted by Crippen LogP contribution is 2.23. The molecule has 0 fully saturated rings. The Balaban J connectivity index is 2.07. The number of carbonyl (C=O) groups is 1. The second kappa shape index (κ2) is 5.95. The molecule has 1 aliphatic rings. The Morgan fingerprint density at radius 2 is 2.05 bits per heavy atom. The van der Waals surface area contributed by atoms with E-state index in [9.17, 15) is 14.9 Å². The fraction of sp³-hybridized carbons (Fsp3) is 0.214. The Hall–Kier alpha value is -2.43.